The third-order valence-corrected chi connectivity index (χ3v) is 12.8. The second-order valence-electron chi connectivity index (χ2n) is 18.0. The van der Waals surface area contributed by atoms with E-state index in [0.29, 0.717) is 16.7 Å². The van der Waals surface area contributed by atoms with Gasteiger partial charge in [-0.1, -0.05) is 169 Å². The van der Waals surface area contributed by atoms with Gasteiger partial charge >= 0.3 is 0 Å². The number of hydrogen-bond acceptors (Lipinski definition) is 3. The zero-order chi connectivity index (χ0) is 39.4. The van der Waals surface area contributed by atoms with Crippen molar-refractivity contribution in [3.8, 4) is 40.1 Å². The Morgan fingerprint density at radius 1 is 0.561 bits per heavy atom. The molecule has 3 aliphatic rings. The van der Waals surface area contributed by atoms with Crippen LogP contribution in [-0.4, -0.2) is 10.6 Å². The molecule has 57 heavy (non-hydrogen) atoms. The quantitative estimate of drug-likeness (QED) is 0.181. The van der Waals surface area contributed by atoms with E-state index in [2.05, 4.69) is 209 Å². The molecule has 1 fully saturated rings. The van der Waals surface area contributed by atoms with Gasteiger partial charge in [0.1, 0.15) is 12.1 Å². The first-order valence-corrected chi connectivity index (χ1v) is 20.0. The molecule has 1 spiro atoms. The molecule has 0 amide bonds. The topological polar surface area (TPSA) is 55.8 Å². The molecule has 1 saturated carbocycles. The first kappa shape index (κ1) is 34.8. The second kappa shape index (κ2) is 12.2. The Morgan fingerprint density at radius 3 is 1.63 bits per heavy atom. The Hall–Kier alpha value is -6.62. The summed E-state index contributed by atoms with van der Waals surface area (Å²) in [7, 11) is 0. The van der Waals surface area contributed by atoms with Crippen LogP contribution < -0.4 is 4.90 Å². The van der Waals surface area contributed by atoms with E-state index >= 15 is 0 Å². The van der Waals surface area contributed by atoms with Crippen LogP contribution in [0.4, 0.5) is 11.4 Å². The maximum Gasteiger partial charge on any atom is 0.102 e. The zero-order valence-corrected chi connectivity index (χ0v) is 33.3. The maximum absolute atomic E-state index is 11.7. The molecular formula is C53H44N4. The molecule has 10 rings (SSSR count). The summed E-state index contributed by atoms with van der Waals surface area (Å²) < 4.78 is 2.30. The van der Waals surface area contributed by atoms with Crippen molar-refractivity contribution < 1.29 is 0 Å². The Bertz CT molecular complexity index is 2890. The minimum Gasteiger partial charge on any atom is -0.335 e. The first-order chi connectivity index (χ1) is 27.5. The van der Waals surface area contributed by atoms with Crippen LogP contribution in [0.1, 0.15) is 69.4 Å². The summed E-state index contributed by atoms with van der Waals surface area (Å²) in [5, 5.41) is 25.6. The van der Waals surface area contributed by atoms with Gasteiger partial charge in [0.25, 0.3) is 0 Å². The largest absolute Gasteiger partial charge is 0.335 e. The summed E-state index contributed by atoms with van der Waals surface area (Å²) in [6.07, 6.45) is 9.05. The molecule has 1 aliphatic heterocycles. The Labute approximate surface area is 335 Å². The van der Waals surface area contributed by atoms with Crippen molar-refractivity contribution in [2.24, 2.45) is 5.92 Å². The van der Waals surface area contributed by atoms with Crippen LogP contribution in [0.25, 0.3) is 49.7 Å². The number of nitrogens with zero attached hydrogens (tertiary/aromatic N) is 4. The molecule has 2 heterocycles. The van der Waals surface area contributed by atoms with Crippen molar-refractivity contribution in [3.63, 3.8) is 0 Å². The lowest BCUT2D eigenvalue weighted by atomic mass is 9.82. The van der Waals surface area contributed by atoms with Crippen molar-refractivity contribution >= 4 is 33.2 Å². The third kappa shape index (κ3) is 4.90. The van der Waals surface area contributed by atoms with Gasteiger partial charge in [-0.05, 0) is 56.8 Å². The molecule has 2 aliphatic carbocycles. The number of para-hydroxylation sites is 3. The fraction of sp³-hybridized carbons (Fsp3) is 0.208. The number of hydrogen-bond donors (Lipinski definition) is 0. The van der Waals surface area contributed by atoms with E-state index in [-0.39, 0.29) is 28.2 Å². The van der Waals surface area contributed by atoms with Crippen LogP contribution in [0.15, 0.2) is 146 Å². The number of aromatic nitrogens is 1. The Kier molecular flexibility index (Phi) is 7.45. The summed E-state index contributed by atoms with van der Waals surface area (Å²) in [4.78, 5) is 2.47. The van der Waals surface area contributed by atoms with Crippen molar-refractivity contribution in [2.75, 3.05) is 4.90 Å². The smallest absolute Gasteiger partial charge is 0.102 e. The molecule has 1 aromatic heterocycles. The van der Waals surface area contributed by atoms with Gasteiger partial charge in [-0.25, -0.2) is 0 Å². The van der Waals surface area contributed by atoms with Crippen LogP contribution in [0.5, 0.6) is 0 Å². The minimum atomic E-state index is -0.194. The van der Waals surface area contributed by atoms with Gasteiger partial charge in [0, 0.05) is 38.9 Å². The molecule has 3 unspecified atom stereocenters. The fourth-order valence-electron chi connectivity index (χ4n) is 9.96. The number of anilines is 2. The number of fused-ring (bicyclic) bond motifs is 5. The van der Waals surface area contributed by atoms with Crippen LogP contribution in [-0.2, 0) is 16.2 Å². The molecule has 0 bridgehead atoms. The second-order valence-corrected chi connectivity index (χ2v) is 18.0. The van der Waals surface area contributed by atoms with E-state index in [9.17, 15) is 10.5 Å². The molecule has 0 radical (unpaired) electrons. The highest BCUT2D eigenvalue weighted by atomic mass is 15.3. The van der Waals surface area contributed by atoms with E-state index < -0.39 is 0 Å². The van der Waals surface area contributed by atoms with Gasteiger partial charge in [-0.2, -0.15) is 10.5 Å². The van der Waals surface area contributed by atoms with E-state index in [0.717, 1.165) is 55.6 Å². The molecule has 4 heteroatoms. The highest BCUT2D eigenvalue weighted by molar-refractivity contribution is 6.12. The van der Waals surface area contributed by atoms with Crippen LogP contribution in [0, 0.1) is 28.6 Å². The maximum atomic E-state index is 11.7. The first-order valence-electron chi connectivity index (χ1n) is 20.0. The number of benzene rings is 6. The lowest BCUT2D eigenvalue weighted by Gasteiger charge is -2.32. The predicted molar refractivity (Wildman–Crippen MR) is 234 cm³/mol. The van der Waals surface area contributed by atoms with Crippen molar-refractivity contribution in [3.05, 3.63) is 173 Å². The fourth-order valence-corrected chi connectivity index (χ4v) is 9.96. The van der Waals surface area contributed by atoms with Crippen LogP contribution in [0.3, 0.4) is 0 Å². The molecule has 6 aromatic carbocycles. The van der Waals surface area contributed by atoms with Gasteiger partial charge in [0.05, 0.1) is 39.6 Å². The number of rotatable bonds is 4. The van der Waals surface area contributed by atoms with Gasteiger partial charge in [-0.15, -0.1) is 0 Å². The molecule has 4 nitrogen and oxygen atoms in total. The molecular weight excluding hydrogens is 693 g/mol. The van der Waals surface area contributed by atoms with Crippen molar-refractivity contribution in [2.45, 2.75) is 63.8 Å². The summed E-state index contributed by atoms with van der Waals surface area (Å²) in [5.74, 6) is 0.252. The van der Waals surface area contributed by atoms with Gasteiger partial charge in [0.2, 0.25) is 0 Å². The highest BCUT2D eigenvalue weighted by Crippen LogP contribution is 2.70. The van der Waals surface area contributed by atoms with Gasteiger partial charge in [-0.3, -0.25) is 0 Å². The van der Waals surface area contributed by atoms with E-state index in [4.69, 9.17) is 0 Å². The normalized spacial score (nSPS) is 19.3. The standard InChI is InChI=1S/C53H44N4/c1-51(2,3)35-26-22-33(23-27-35)46-39(31-54)48(56-43-19-10-7-15-37(43)38-16-8-11-20-44(38)56)47(34-24-28-36(29-25-34)52(4,5)6)49(40(46)32-55)57-45-21-12-9-17-41(45)53-30-14-13-18-42(53)50(53)57/h7-30,42,50H,1-6H3. The lowest BCUT2D eigenvalue weighted by Crippen LogP contribution is -2.23. The van der Waals surface area contributed by atoms with E-state index in [1.807, 2.05) is 0 Å². The number of nitriles is 2. The minimum absolute atomic E-state index is 0.0572. The van der Waals surface area contributed by atoms with Crippen LogP contribution in [0.2, 0.25) is 0 Å². The van der Waals surface area contributed by atoms with Crippen LogP contribution >= 0.6 is 0 Å². The Balaban J connectivity index is 1.42. The van der Waals surface area contributed by atoms with Gasteiger partial charge < -0.3 is 9.47 Å². The molecule has 3 atom stereocenters. The third-order valence-electron chi connectivity index (χ3n) is 12.8. The molecule has 0 saturated heterocycles. The summed E-state index contributed by atoms with van der Waals surface area (Å²) >= 11 is 0. The lowest BCUT2D eigenvalue weighted by molar-refractivity contribution is 0.590. The van der Waals surface area contributed by atoms with E-state index in [1.165, 1.54) is 16.7 Å². The summed E-state index contributed by atoms with van der Waals surface area (Å²) in [6.45, 7) is 13.3. The SMILES string of the molecule is CC(C)(C)c1ccc(-c2c(C#N)c(N3c4ccccc4C45C=CC=CC4C35)c(-c3ccc(C(C)(C)C)cc3)c(-n3c4ccccc4c4ccccc43)c2C#N)cc1. The number of allylic oxidation sites excluding steroid dienone is 2. The highest BCUT2D eigenvalue weighted by Gasteiger charge is 2.71. The average Bonchev–Trinajstić information content (AvgIpc) is 3.65. The van der Waals surface area contributed by atoms with Gasteiger partial charge in [0.15, 0.2) is 0 Å². The monoisotopic (exact) mass is 736 g/mol. The van der Waals surface area contributed by atoms with Crippen molar-refractivity contribution in [1.29, 1.82) is 10.5 Å². The molecule has 7 aromatic rings. The molecule has 0 N–H and O–H groups in total. The van der Waals surface area contributed by atoms with Crippen molar-refractivity contribution in [1.82, 2.24) is 4.57 Å². The predicted octanol–water partition coefficient (Wildman–Crippen LogP) is 13.0. The molecule has 276 valence electrons. The average molecular weight is 737 g/mol. The Morgan fingerprint density at radius 2 is 1.07 bits per heavy atom. The zero-order valence-electron chi connectivity index (χ0n) is 33.3. The summed E-state index contributed by atoms with van der Waals surface area (Å²) in [5.41, 5.74) is 12.5. The van der Waals surface area contributed by atoms with E-state index in [1.54, 1.807) is 0 Å². The summed E-state index contributed by atoms with van der Waals surface area (Å²) in [6, 6.07) is 48.6.